The molecule has 0 aliphatic carbocycles. The molecule has 2 aromatic rings. The maximum Gasteiger partial charge on any atom is 0.371 e. The molecule has 3 rings (SSSR count). The highest BCUT2D eigenvalue weighted by molar-refractivity contribution is 5.84. The Labute approximate surface area is 129 Å². The van der Waals surface area contributed by atoms with Crippen molar-refractivity contribution >= 4 is 11.7 Å². The van der Waals surface area contributed by atoms with E-state index in [1.165, 1.54) is 6.07 Å². The maximum absolute atomic E-state index is 10.9. The van der Waals surface area contributed by atoms with Crippen molar-refractivity contribution in [2.24, 2.45) is 0 Å². The number of furan rings is 1. The molecule has 2 heterocycles. The van der Waals surface area contributed by atoms with E-state index in [0.29, 0.717) is 12.3 Å². The van der Waals surface area contributed by atoms with Crippen molar-refractivity contribution in [1.29, 1.82) is 0 Å². The van der Waals surface area contributed by atoms with E-state index in [0.717, 1.165) is 30.0 Å². The van der Waals surface area contributed by atoms with Gasteiger partial charge in [-0.2, -0.15) is 0 Å². The summed E-state index contributed by atoms with van der Waals surface area (Å²) in [6.07, 6.45) is 1.05. The molecular formula is C17H19NO4. The molecule has 0 fully saturated rings. The van der Waals surface area contributed by atoms with Gasteiger partial charge >= 0.3 is 5.97 Å². The number of rotatable bonds is 4. The van der Waals surface area contributed by atoms with Crippen LogP contribution in [0.25, 0.3) is 0 Å². The zero-order chi connectivity index (χ0) is 15.7. The van der Waals surface area contributed by atoms with E-state index in [9.17, 15) is 4.79 Å². The number of ether oxygens (including phenoxy) is 1. The number of carboxylic acid groups (broad SMARTS) is 1. The van der Waals surface area contributed by atoms with Gasteiger partial charge in [-0.15, -0.1) is 0 Å². The van der Waals surface area contributed by atoms with Crippen molar-refractivity contribution < 1.29 is 19.1 Å². The SMILES string of the molecule is CCC1CN(Cc2ccc(C(=O)O)o2)c2ccc(C)cc2O1. The van der Waals surface area contributed by atoms with E-state index >= 15 is 0 Å². The number of carbonyl (C=O) groups is 1. The fourth-order valence-corrected chi connectivity index (χ4v) is 2.67. The van der Waals surface area contributed by atoms with Crippen molar-refractivity contribution in [3.63, 3.8) is 0 Å². The molecule has 5 nitrogen and oxygen atoms in total. The van der Waals surface area contributed by atoms with Crippen LogP contribution < -0.4 is 9.64 Å². The lowest BCUT2D eigenvalue weighted by Gasteiger charge is -2.35. The molecule has 0 radical (unpaired) electrons. The predicted octanol–water partition coefficient (Wildman–Crippen LogP) is 3.46. The van der Waals surface area contributed by atoms with E-state index in [-0.39, 0.29) is 11.9 Å². The third-order valence-electron chi connectivity index (χ3n) is 3.85. The van der Waals surface area contributed by atoms with Crippen molar-refractivity contribution in [1.82, 2.24) is 0 Å². The fraction of sp³-hybridized carbons (Fsp3) is 0.353. The van der Waals surface area contributed by atoms with Crippen LogP contribution >= 0.6 is 0 Å². The van der Waals surface area contributed by atoms with Gasteiger partial charge in [0.1, 0.15) is 17.6 Å². The van der Waals surface area contributed by atoms with E-state index in [4.69, 9.17) is 14.3 Å². The molecule has 0 amide bonds. The molecule has 1 aromatic carbocycles. The van der Waals surface area contributed by atoms with Crippen LogP contribution in [-0.2, 0) is 6.54 Å². The zero-order valence-corrected chi connectivity index (χ0v) is 12.7. The van der Waals surface area contributed by atoms with E-state index in [1.54, 1.807) is 6.07 Å². The number of hydrogen-bond acceptors (Lipinski definition) is 4. The first-order chi connectivity index (χ1) is 10.6. The highest BCUT2D eigenvalue weighted by Crippen LogP contribution is 2.35. The Morgan fingerprint density at radius 2 is 2.18 bits per heavy atom. The van der Waals surface area contributed by atoms with Gasteiger partial charge in [0.15, 0.2) is 0 Å². The van der Waals surface area contributed by atoms with Gasteiger partial charge in [-0.05, 0) is 43.2 Å². The van der Waals surface area contributed by atoms with Gasteiger partial charge < -0.3 is 19.2 Å². The summed E-state index contributed by atoms with van der Waals surface area (Å²) in [5.74, 6) is 0.443. The highest BCUT2D eigenvalue weighted by atomic mass is 16.5. The Hall–Kier alpha value is -2.43. The Balaban J connectivity index is 1.87. The van der Waals surface area contributed by atoms with Crippen LogP contribution in [0.2, 0.25) is 0 Å². The first-order valence-electron chi connectivity index (χ1n) is 7.41. The minimum atomic E-state index is -1.05. The number of aromatic carboxylic acids is 1. The molecule has 1 aromatic heterocycles. The molecule has 0 saturated carbocycles. The third-order valence-corrected chi connectivity index (χ3v) is 3.85. The monoisotopic (exact) mass is 301 g/mol. The van der Waals surface area contributed by atoms with Crippen molar-refractivity contribution in [2.75, 3.05) is 11.4 Å². The van der Waals surface area contributed by atoms with Crippen LogP contribution in [0.1, 0.15) is 35.2 Å². The number of aryl methyl sites for hydroxylation is 1. The normalized spacial score (nSPS) is 17.0. The van der Waals surface area contributed by atoms with Gasteiger partial charge in [-0.3, -0.25) is 0 Å². The summed E-state index contributed by atoms with van der Waals surface area (Å²) in [7, 11) is 0. The molecule has 0 saturated heterocycles. The van der Waals surface area contributed by atoms with Gasteiger partial charge in [0.05, 0.1) is 18.8 Å². The van der Waals surface area contributed by atoms with Gasteiger partial charge in [-0.25, -0.2) is 4.79 Å². The lowest BCUT2D eigenvalue weighted by Crippen LogP contribution is -2.39. The van der Waals surface area contributed by atoms with Crippen LogP contribution in [0.4, 0.5) is 5.69 Å². The van der Waals surface area contributed by atoms with Crippen LogP contribution in [0, 0.1) is 6.92 Å². The third kappa shape index (κ3) is 2.79. The van der Waals surface area contributed by atoms with Gasteiger partial charge in [-0.1, -0.05) is 13.0 Å². The minimum Gasteiger partial charge on any atom is -0.486 e. The maximum atomic E-state index is 10.9. The van der Waals surface area contributed by atoms with E-state index in [1.807, 2.05) is 25.1 Å². The fourth-order valence-electron chi connectivity index (χ4n) is 2.67. The zero-order valence-electron chi connectivity index (χ0n) is 12.7. The average molecular weight is 301 g/mol. The van der Waals surface area contributed by atoms with Crippen LogP contribution in [0.3, 0.4) is 0 Å². The number of fused-ring (bicyclic) bond motifs is 1. The van der Waals surface area contributed by atoms with Crippen LogP contribution in [0.15, 0.2) is 34.7 Å². The number of carboxylic acids is 1. The Morgan fingerprint density at radius 3 is 2.86 bits per heavy atom. The number of nitrogens with zero attached hydrogens (tertiary/aromatic N) is 1. The minimum absolute atomic E-state index is 0.0283. The Kier molecular flexibility index (Phi) is 3.79. The van der Waals surface area contributed by atoms with Crippen molar-refractivity contribution in [3.8, 4) is 5.75 Å². The molecule has 1 aliphatic heterocycles. The number of anilines is 1. The number of hydrogen-bond donors (Lipinski definition) is 1. The summed E-state index contributed by atoms with van der Waals surface area (Å²) < 4.78 is 11.4. The smallest absolute Gasteiger partial charge is 0.371 e. The quantitative estimate of drug-likeness (QED) is 0.937. The number of benzene rings is 1. The largest absolute Gasteiger partial charge is 0.486 e. The second-order valence-corrected chi connectivity index (χ2v) is 5.57. The highest BCUT2D eigenvalue weighted by Gasteiger charge is 2.25. The Morgan fingerprint density at radius 1 is 1.36 bits per heavy atom. The van der Waals surface area contributed by atoms with Gasteiger partial charge in [0.25, 0.3) is 0 Å². The van der Waals surface area contributed by atoms with Crippen molar-refractivity contribution in [3.05, 3.63) is 47.4 Å². The molecule has 1 atom stereocenters. The summed E-state index contributed by atoms with van der Waals surface area (Å²) in [6, 6.07) is 9.33. The molecule has 1 unspecified atom stereocenters. The van der Waals surface area contributed by atoms with Gasteiger partial charge in [0, 0.05) is 0 Å². The van der Waals surface area contributed by atoms with E-state index < -0.39 is 5.97 Å². The molecule has 1 aliphatic rings. The topological polar surface area (TPSA) is 62.9 Å². The molecule has 5 heteroatoms. The van der Waals surface area contributed by atoms with E-state index in [2.05, 4.69) is 11.8 Å². The first kappa shape index (κ1) is 14.5. The second-order valence-electron chi connectivity index (χ2n) is 5.57. The average Bonchev–Trinajstić information content (AvgIpc) is 2.95. The van der Waals surface area contributed by atoms with Gasteiger partial charge in [0.2, 0.25) is 5.76 Å². The molecule has 22 heavy (non-hydrogen) atoms. The molecule has 0 spiro atoms. The van der Waals surface area contributed by atoms with Crippen LogP contribution in [0.5, 0.6) is 5.75 Å². The predicted molar refractivity (Wildman–Crippen MR) is 82.6 cm³/mol. The second kappa shape index (κ2) is 5.75. The first-order valence-corrected chi connectivity index (χ1v) is 7.41. The van der Waals surface area contributed by atoms with Crippen molar-refractivity contribution in [2.45, 2.75) is 32.9 Å². The Bertz CT molecular complexity index is 692. The summed E-state index contributed by atoms with van der Waals surface area (Å²) in [6.45, 7) is 5.42. The summed E-state index contributed by atoms with van der Waals surface area (Å²) in [4.78, 5) is 13.1. The van der Waals surface area contributed by atoms with Crippen LogP contribution in [-0.4, -0.2) is 23.7 Å². The molecule has 116 valence electrons. The summed E-state index contributed by atoms with van der Waals surface area (Å²) in [5, 5.41) is 8.95. The molecule has 1 N–H and O–H groups in total. The summed E-state index contributed by atoms with van der Waals surface area (Å²) in [5.41, 5.74) is 2.17. The molecule has 0 bridgehead atoms. The summed E-state index contributed by atoms with van der Waals surface area (Å²) >= 11 is 0. The molecular weight excluding hydrogens is 282 g/mol. The lowest BCUT2D eigenvalue weighted by molar-refractivity contribution is 0.0660. The lowest BCUT2D eigenvalue weighted by atomic mass is 10.1. The standard InChI is InChI=1S/C17H19NO4/c1-3-12-9-18(10-13-5-7-15(22-13)17(19)20)14-6-4-11(2)8-16(14)21-12/h4-8,12H,3,9-10H2,1-2H3,(H,19,20).